The monoisotopic (exact) mass is 584 g/mol. The van der Waals surface area contributed by atoms with Crippen LogP contribution in [-0.4, -0.2) is 63.0 Å². The van der Waals surface area contributed by atoms with Gasteiger partial charge in [-0.1, -0.05) is 20.8 Å². The van der Waals surface area contributed by atoms with Gasteiger partial charge < -0.3 is 15.6 Å². The molecule has 0 radical (unpaired) electrons. The second-order valence-electron chi connectivity index (χ2n) is 11.6. The summed E-state index contributed by atoms with van der Waals surface area (Å²) in [6.07, 6.45) is 6.57. The van der Waals surface area contributed by atoms with Crippen molar-refractivity contribution >= 4 is 28.6 Å². The highest BCUT2D eigenvalue weighted by Crippen LogP contribution is 2.29. The van der Waals surface area contributed by atoms with Gasteiger partial charge in [0.15, 0.2) is 12.1 Å². The molecule has 43 heavy (non-hydrogen) atoms. The zero-order valence-electron chi connectivity index (χ0n) is 24.7. The number of piperazine rings is 1. The fourth-order valence-electron chi connectivity index (χ4n) is 5.02. The van der Waals surface area contributed by atoms with E-state index in [1.54, 1.807) is 31.5 Å². The number of pyridine rings is 2. The molecule has 0 unspecified atom stereocenters. The van der Waals surface area contributed by atoms with Crippen LogP contribution in [0.1, 0.15) is 36.7 Å². The minimum atomic E-state index is -0.753. The highest BCUT2D eigenvalue weighted by Gasteiger charge is 2.21. The molecule has 3 N–H and O–H groups in total. The Labute approximate surface area is 247 Å². The van der Waals surface area contributed by atoms with E-state index >= 15 is 4.39 Å². The zero-order valence-corrected chi connectivity index (χ0v) is 24.7. The lowest BCUT2D eigenvalue weighted by molar-refractivity contribution is 0.112. The molecule has 0 atom stereocenters. The number of carbonyl (C=O) groups excluding carboxylic acids is 1. The van der Waals surface area contributed by atoms with Crippen LogP contribution in [0.2, 0.25) is 0 Å². The summed E-state index contributed by atoms with van der Waals surface area (Å²) in [5, 5.41) is 7.69. The molecule has 0 spiro atoms. The Kier molecular flexibility index (Phi) is 7.80. The summed E-state index contributed by atoms with van der Waals surface area (Å²) in [5.41, 5.74) is 7.21. The van der Waals surface area contributed by atoms with E-state index in [1.165, 1.54) is 29.1 Å². The summed E-state index contributed by atoms with van der Waals surface area (Å²) in [6, 6.07) is 6.17. The lowest BCUT2D eigenvalue weighted by Crippen LogP contribution is -2.40. The molecule has 4 aromatic rings. The molecule has 0 aliphatic carbocycles. The van der Waals surface area contributed by atoms with Gasteiger partial charge in [-0.25, -0.2) is 14.4 Å². The fourth-order valence-corrected chi connectivity index (χ4v) is 5.02. The lowest BCUT2D eigenvalue weighted by atomic mass is 9.86. The molecular formula is C31H33FN8O3. The lowest BCUT2D eigenvalue weighted by Gasteiger charge is -2.25. The van der Waals surface area contributed by atoms with Gasteiger partial charge in [-0.05, 0) is 47.9 Å². The molecule has 0 amide bonds. The molecular weight excluding hydrogens is 551 g/mol. The van der Waals surface area contributed by atoms with Crippen LogP contribution in [0.5, 0.6) is 0 Å². The number of nitrogens with one attached hydrogen (secondary N) is 1. The maximum atomic E-state index is 15.3. The number of nitrogens with two attached hydrogens (primary N) is 1. The standard InChI is InChI=1S/C31H33FN8O3/c1-31(2,3)20-10-18-14-36-40(30(43)27(18)24(32)12-20)28-23(17-41)22(6-7-35-28)19-11-25(29(42)39(5)15-19)37-26(33)13-21-16-38(4)9-8-34-21/h6-7,10-15,17,34H,8-9,16H2,1-5H3,(H2,33,37)/b21-13-. The summed E-state index contributed by atoms with van der Waals surface area (Å²) in [6.45, 7) is 8.18. The Balaban J connectivity index is 1.62. The number of rotatable bonds is 5. The SMILES string of the molecule is CN1CCN/C(=C\C(N)=Nc2cc(-c3ccnc(-n4ncc5cc(C(C)(C)C)cc(F)c5c4=O)c3C=O)cn(C)c2=O)C1. The number of aryl methyl sites for hydroxylation is 1. The third-order valence-electron chi connectivity index (χ3n) is 7.33. The number of nitrogens with zero attached hydrogens (tertiary/aromatic N) is 6. The molecule has 1 aliphatic heterocycles. The van der Waals surface area contributed by atoms with Gasteiger partial charge >= 0.3 is 0 Å². The van der Waals surface area contributed by atoms with Crippen LogP contribution in [0.15, 0.2) is 69.2 Å². The third kappa shape index (κ3) is 5.86. The van der Waals surface area contributed by atoms with Gasteiger partial charge in [-0.3, -0.25) is 19.3 Å². The predicted molar refractivity (Wildman–Crippen MR) is 165 cm³/mol. The summed E-state index contributed by atoms with van der Waals surface area (Å²) in [5.74, 6) is -0.619. The van der Waals surface area contributed by atoms with E-state index in [4.69, 9.17) is 5.73 Å². The first-order valence-electron chi connectivity index (χ1n) is 13.7. The van der Waals surface area contributed by atoms with Crippen molar-refractivity contribution in [3.8, 4) is 16.9 Å². The summed E-state index contributed by atoms with van der Waals surface area (Å²) < 4.78 is 17.5. The van der Waals surface area contributed by atoms with E-state index < -0.39 is 16.9 Å². The van der Waals surface area contributed by atoms with Gasteiger partial charge in [0, 0.05) is 61.8 Å². The van der Waals surface area contributed by atoms with Crippen LogP contribution in [0, 0.1) is 5.82 Å². The van der Waals surface area contributed by atoms with Crippen molar-refractivity contribution in [2.24, 2.45) is 17.8 Å². The first-order valence-corrected chi connectivity index (χ1v) is 13.7. The van der Waals surface area contributed by atoms with E-state index in [9.17, 15) is 14.4 Å². The van der Waals surface area contributed by atoms with Crippen LogP contribution in [0.25, 0.3) is 27.7 Å². The van der Waals surface area contributed by atoms with E-state index in [-0.39, 0.29) is 33.7 Å². The fraction of sp³-hybridized carbons (Fsp3) is 0.290. The van der Waals surface area contributed by atoms with Crippen LogP contribution in [0.3, 0.4) is 0 Å². The highest BCUT2D eigenvalue weighted by molar-refractivity contribution is 5.95. The van der Waals surface area contributed by atoms with E-state index in [2.05, 4.69) is 25.3 Å². The molecule has 1 aliphatic rings. The molecule has 0 bridgehead atoms. The largest absolute Gasteiger partial charge is 0.386 e. The Bertz CT molecular complexity index is 1930. The Morgan fingerprint density at radius 2 is 1.93 bits per heavy atom. The summed E-state index contributed by atoms with van der Waals surface area (Å²) in [4.78, 5) is 49.6. The number of carbonyl (C=O) groups is 1. The molecule has 1 fully saturated rings. The molecule has 12 heteroatoms. The quantitative estimate of drug-likeness (QED) is 0.207. The number of halogens is 1. The van der Waals surface area contributed by atoms with Crippen molar-refractivity contribution in [3.05, 3.63) is 92.3 Å². The van der Waals surface area contributed by atoms with Crippen LogP contribution in [0.4, 0.5) is 10.1 Å². The van der Waals surface area contributed by atoms with Crippen molar-refractivity contribution in [1.82, 2.24) is 29.5 Å². The average molecular weight is 585 g/mol. The van der Waals surface area contributed by atoms with Crippen LogP contribution >= 0.6 is 0 Å². The number of aldehydes is 1. The minimum Gasteiger partial charge on any atom is -0.386 e. The molecule has 11 nitrogen and oxygen atoms in total. The number of amidine groups is 1. The number of hydrogen-bond donors (Lipinski definition) is 2. The van der Waals surface area contributed by atoms with Crippen molar-refractivity contribution in [2.45, 2.75) is 26.2 Å². The molecule has 1 aromatic carbocycles. The highest BCUT2D eigenvalue weighted by atomic mass is 19.1. The van der Waals surface area contributed by atoms with Gasteiger partial charge in [0.1, 0.15) is 17.3 Å². The minimum absolute atomic E-state index is 0.0290. The number of aliphatic imine (C=N–C) groups is 1. The van der Waals surface area contributed by atoms with Crippen molar-refractivity contribution in [1.29, 1.82) is 0 Å². The Morgan fingerprint density at radius 3 is 2.63 bits per heavy atom. The maximum Gasteiger partial charge on any atom is 0.283 e. The number of hydrogen-bond acceptors (Lipinski definition) is 8. The van der Waals surface area contributed by atoms with Crippen LogP contribution < -0.4 is 22.2 Å². The first-order chi connectivity index (χ1) is 20.4. The van der Waals surface area contributed by atoms with Gasteiger partial charge in [0.05, 0.1) is 17.1 Å². The molecule has 222 valence electrons. The second kappa shape index (κ2) is 11.4. The first kappa shape index (κ1) is 29.5. The van der Waals surface area contributed by atoms with Gasteiger partial charge in [0.2, 0.25) is 0 Å². The Hall–Kier alpha value is -4.97. The molecule has 0 saturated carbocycles. The normalized spacial score (nSPS) is 15.6. The van der Waals surface area contributed by atoms with Gasteiger partial charge in [0.25, 0.3) is 11.1 Å². The van der Waals surface area contributed by atoms with E-state index in [1.807, 2.05) is 27.8 Å². The third-order valence-corrected chi connectivity index (χ3v) is 7.33. The van der Waals surface area contributed by atoms with Gasteiger partial charge in [-0.15, -0.1) is 0 Å². The molecule has 4 heterocycles. The molecule has 3 aromatic heterocycles. The average Bonchev–Trinajstić information content (AvgIpc) is 2.94. The van der Waals surface area contributed by atoms with E-state index in [0.717, 1.165) is 29.0 Å². The van der Waals surface area contributed by atoms with Gasteiger partial charge in [-0.2, -0.15) is 9.78 Å². The summed E-state index contributed by atoms with van der Waals surface area (Å²) >= 11 is 0. The Morgan fingerprint density at radius 1 is 1.16 bits per heavy atom. The summed E-state index contributed by atoms with van der Waals surface area (Å²) in [7, 11) is 3.56. The van der Waals surface area contributed by atoms with E-state index in [0.29, 0.717) is 29.3 Å². The number of likely N-dealkylation sites (N-methyl/N-ethyl adjacent to an activating group) is 1. The number of fused-ring (bicyclic) bond motifs is 1. The van der Waals surface area contributed by atoms with Crippen molar-refractivity contribution in [3.63, 3.8) is 0 Å². The second-order valence-corrected chi connectivity index (χ2v) is 11.6. The van der Waals surface area contributed by atoms with Crippen molar-refractivity contribution in [2.75, 3.05) is 26.7 Å². The van der Waals surface area contributed by atoms with Crippen molar-refractivity contribution < 1.29 is 9.18 Å². The number of aromatic nitrogens is 4. The van der Waals surface area contributed by atoms with Crippen LogP contribution in [-0.2, 0) is 12.5 Å². The molecule has 1 saturated heterocycles. The topological polar surface area (TPSA) is 140 Å². The number of benzene rings is 1. The molecule has 5 rings (SSSR count). The predicted octanol–water partition coefficient (Wildman–Crippen LogP) is 2.80. The maximum absolute atomic E-state index is 15.3. The zero-order chi connectivity index (χ0) is 31.1. The smallest absolute Gasteiger partial charge is 0.283 e.